The highest BCUT2D eigenvalue weighted by molar-refractivity contribution is 7.13. The number of aromatic nitrogens is 2. The smallest absolute Gasteiger partial charge is 0.184 e. The molecule has 0 unspecified atom stereocenters. The minimum atomic E-state index is 0.0605. The zero-order valence-electron chi connectivity index (χ0n) is 10.4. The molecule has 0 aliphatic heterocycles. The average molecular weight is 271 g/mol. The van der Waals surface area contributed by atoms with Crippen molar-refractivity contribution >= 4 is 33.2 Å². The molecule has 96 valence electrons. The molecule has 0 saturated carbocycles. The van der Waals surface area contributed by atoms with E-state index in [1.807, 2.05) is 36.6 Å². The number of hydrogen-bond donors (Lipinski definition) is 2. The maximum atomic E-state index is 12.2. The molecule has 2 N–H and O–H groups in total. The van der Waals surface area contributed by atoms with Gasteiger partial charge in [-0.25, -0.2) is 4.98 Å². The number of rotatable bonds is 4. The Morgan fingerprint density at radius 3 is 3.05 bits per heavy atom. The van der Waals surface area contributed by atoms with Crippen molar-refractivity contribution in [3.8, 4) is 0 Å². The molecule has 4 nitrogen and oxygen atoms in total. The molecule has 2 heterocycles. The van der Waals surface area contributed by atoms with Crippen LogP contribution in [0.2, 0.25) is 0 Å². The van der Waals surface area contributed by atoms with Crippen molar-refractivity contribution < 1.29 is 4.79 Å². The Labute approximate surface area is 114 Å². The van der Waals surface area contributed by atoms with E-state index in [9.17, 15) is 4.79 Å². The first-order chi connectivity index (χ1) is 9.24. The molecule has 0 fully saturated rings. The molecule has 0 saturated heterocycles. The number of carbonyl (C=O) groups excluding carboxylic acids is 1. The largest absolute Gasteiger partial charge is 0.360 e. The SMILES string of the molecule is Cc1csc(NCC(=O)c2c[nH]c3ccccc23)n1. The molecule has 0 spiro atoms. The first-order valence-electron chi connectivity index (χ1n) is 5.99. The van der Waals surface area contributed by atoms with E-state index in [1.54, 1.807) is 6.20 Å². The third-order valence-corrected chi connectivity index (χ3v) is 3.83. The van der Waals surface area contributed by atoms with E-state index < -0.39 is 0 Å². The van der Waals surface area contributed by atoms with Crippen molar-refractivity contribution in [1.82, 2.24) is 9.97 Å². The van der Waals surface area contributed by atoms with E-state index in [1.165, 1.54) is 11.3 Å². The number of H-pyrrole nitrogens is 1. The molecule has 19 heavy (non-hydrogen) atoms. The van der Waals surface area contributed by atoms with Gasteiger partial charge in [-0.15, -0.1) is 11.3 Å². The van der Waals surface area contributed by atoms with Crippen molar-refractivity contribution in [2.24, 2.45) is 0 Å². The van der Waals surface area contributed by atoms with Gasteiger partial charge in [-0.2, -0.15) is 0 Å². The molecular weight excluding hydrogens is 258 g/mol. The quantitative estimate of drug-likeness (QED) is 0.716. The fraction of sp³-hybridized carbons (Fsp3) is 0.143. The van der Waals surface area contributed by atoms with Crippen LogP contribution in [0.3, 0.4) is 0 Å². The van der Waals surface area contributed by atoms with Gasteiger partial charge >= 0.3 is 0 Å². The molecule has 5 heteroatoms. The van der Waals surface area contributed by atoms with Gasteiger partial charge in [0.05, 0.1) is 12.2 Å². The van der Waals surface area contributed by atoms with Gasteiger partial charge in [0, 0.05) is 28.0 Å². The van der Waals surface area contributed by atoms with Crippen LogP contribution in [0.4, 0.5) is 5.13 Å². The molecule has 0 atom stereocenters. The second-order valence-corrected chi connectivity index (χ2v) is 5.18. The number of nitrogens with one attached hydrogen (secondary N) is 2. The number of benzene rings is 1. The summed E-state index contributed by atoms with van der Waals surface area (Å²) in [5.74, 6) is 0.0605. The van der Waals surface area contributed by atoms with Crippen molar-refractivity contribution in [3.63, 3.8) is 0 Å². The predicted molar refractivity (Wildman–Crippen MR) is 78.0 cm³/mol. The van der Waals surface area contributed by atoms with E-state index in [2.05, 4.69) is 15.3 Å². The summed E-state index contributed by atoms with van der Waals surface area (Å²) in [5.41, 5.74) is 2.67. The molecule has 0 amide bonds. The van der Waals surface area contributed by atoms with Crippen LogP contribution in [0.1, 0.15) is 16.1 Å². The molecule has 0 radical (unpaired) electrons. The maximum absolute atomic E-state index is 12.2. The Morgan fingerprint density at radius 1 is 1.42 bits per heavy atom. The van der Waals surface area contributed by atoms with Crippen LogP contribution in [-0.2, 0) is 0 Å². The number of aromatic amines is 1. The van der Waals surface area contributed by atoms with Gasteiger partial charge in [0.15, 0.2) is 10.9 Å². The topological polar surface area (TPSA) is 57.8 Å². The zero-order valence-corrected chi connectivity index (χ0v) is 11.3. The fourth-order valence-corrected chi connectivity index (χ4v) is 2.68. The minimum absolute atomic E-state index is 0.0605. The molecular formula is C14H13N3OS. The standard InChI is InChI=1S/C14H13N3OS/c1-9-8-19-14(17-9)16-7-13(18)11-6-15-12-5-3-2-4-10(11)12/h2-6,8,15H,7H2,1H3,(H,16,17). The van der Waals surface area contributed by atoms with E-state index in [4.69, 9.17) is 0 Å². The Hall–Kier alpha value is -2.14. The van der Waals surface area contributed by atoms with Crippen molar-refractivity contribution in [2.75, 3.05) is 11.9 Å². The van der Waals surface area contributed by atoms with Gasteiger partial charge < -0.3 is 10.3 Å². The summed E-state index contributed by atoms with van der Waals surface area (Å²) < 4.78 is 0. The Morgan fingerprint density at radius 2 is 2.26 bits per heavy atom. The highest BCUT2D eigenvalue weighted by Gasteiger charge is 2.11. The summed E-state index contributed by atoms with van der Waals surface area (Å²) in [4.78, 5) is 19.6. The van der Waals surface area contributed by atoms with Gasteiger partial charge in [-0.3, -0.25) is 4.79 Å². The normalized spacial score (nSPS) is 10.8. The Bertz CT molecular complexity index is 729. The van der Waals surface area contributed by atoms with Crippen LogP contribution in [0.5, 0.6) is 0 Å². The summed E-state index contributed by atoms with van der Waals surface area (Å²) in [7, 11) is 0. The van der Waals surface area contributed by atoms with Gasteiger partial charge in [0.2, 0.25) is 0 Å². The molecule has 0 aliphatic rings. The number of nitrogens with zero attached hydrogens (tertiary/aromatic N) is 1. The van der Waals surface area contributed by atoms with E-state index in [-0.39, 0.29) is 12.3 Å². The van der Waals surface area contributed by atoms with Gasteiger partial charge in [-0.05, 0) is 13.0 Å². The summed E-state index contributed by atoms with van der Waals surface area (Å²) in [6.45, 7) is 2.19. The molecule has 3 rings (SSSR count). The average Bonchev–Trinajstić information content (AvgIpc) is 3.02. The van der Waals surface area contributed by atoms with Gasteiger partial charge in [0.25, 0.3) is 0 Å². The van der Waals surface area contributed by atoms with E-state index >= 15 is 0 Å². The molecule has 2 aromatic heterocycles. The summed E-state index contributed by atoms with van der Waals surface area (Å²) in [6.07, 6.45) is 1.77. The van der Waals surface area contributed by atoms with Crippen LogP contribution in [0.25, 0.3) is 10.9 Å². The molecule has 1 aromatic carbocycles. The van der Waals surface area contributed by atoms with E-state index in [0.717, 1.165) is 27.3 Å². The van der Waals surface area contributed by atoms with Crippen molar-refractivity contribution in [1.29, 1.82) is 0 Å². The number of carbonyl (C=O) groups is 1. The second kappa shape index (κ2) is 4.85. The summed E-state index contributed by atoms with van der Waals surface area (Å²) in [5, 5.41) is 6.76. The Balaban J connectivity index is 1.77. The lowest BCUT2D eigenvalue weighted by Crippen LogP contribution is -2.13. The van der Waals surface area contributed by atoms with Crippen LogP contribution in [-0.4, -0.2) is 22.3 Å². The van der Waals surface area contributed by atoms with Crippen molar-refractivity contribution in [2.45, 2.75) is 6.92 Å². The summed E-state index contributed by atoms with van der Waals surface area (Å²) in [6, 6.07) is 7.80. The Kier molecular flexibility index (Phi) is 3.05. The summed E-state index contributed by atoms with van der Waals surface area (Å²) >= 11 is 1.51. The third-order valence-electron chi connectivity index (χ3n) is 2.91. The number of para-hydroxylation sites is 1. The number of fused-ring (bicyclic) bond motifs is 1. The monoisotopic (exact) mass is 271 g/mol. The minimum Gasteiger partial charge on any atom is -0.360 e. The predicted octanol–water partition coefficient (Wildman–Crippen LogP) is 3.23. The lowest BCUT2D eigenvalue weighted by Gasteiger charge is -2.01. The number of anilines is 1. The highest BCUT2D eigenvalue weighted by atomic mass is 32.1. The van der Waals surface area contributed by atoms with Gasteiger partial charge in [0.1, 0.15) is 0 Å². The van der Waals surface area contributed by atoms with Crippen LogP contribution in [0.15, 0.2) is 35.8 Å². The number of ketones is 1. The number of hydrogen-bond acceptors (Lipinski definition) is 4. The fourth-order valence-electron chi connectivity index (χ4n) is 1.99. The lowest BCUT2D eigenvalue weighted by molar-refractivity contribution is 0.101. The van der Waals surface area contributed by atoms with Crippen LogP contribution >= 0.6 is 11.3 Å². The number of aryl methyl sites for hydroxylation is 1. The van der Waals surface area contributed by atoms with E-state index in [0.29, 0.717) is 0 Å². The number of thiazole rings is 1. The van der Waals surface area contributed by atoms with Gasteiger partial charge in [-0.1, -0.05) is 18.2 Å². The zero-order chi connectivity index (χ0) is 13.2. The second-order valence-electron chi connectivity index (χ2n) is 4.32. The highest BCUT2D eigenvalue weighted by Crippen LogP contribution is 2.19. The first-order valence-corrected chi connectivity index (χ1v) is 6.87. The first kappa shape index (κ1) is 11.9. The maximum Gasteiger partial charge on any atom is 0.184 e. The van der Waals surface area contributed by atoms with Crippen LogP contribution in [0, 0.1) is 6.92 Å². The molecule has 3 aromatic rings. The molecule has 0 bridgehead atoms. The molecule has 0 aliphatic carbocycles. The third kappa shape index (κ3) is 2.37. The van der Waals surface area contributed by atoms with Crippen molar-refractivity contribution in [3.05, 3.63) is 47.1 Å². The lowest BCUT2D eigenvalue weighted by atomic mass is 10.1. The van der Waals surface area contributed by atoms with Crippen LogP contribution < -0.4 is 5.32 Å². The number of Topliss-reactive ketones (excluding diaryl/α,β-unsaturated/α-hetero) is 1.